The third-order valence-corrected chi connectivity index (χ3v) is 9.67. The van der Waals surface area contributed by atoms with E-state index in [1.54, 1.807) is 0 Å². The molecule has 1 heterocycles. The van der Waals surface area contributed by atoms with E-state index < -0.39 is 0 Å². The number of anilines is 3. The Morgan fingerprint density at radius 3 is 1.86 bits per heavy atom. The molecule has 50 heavy (non-hydrogen) atoms. The molecule has 0 radical (unpaired) electrons. The van der Waals surface area contributed by atoms with E-state index in [1.807, 2.05) is 102 Å². The molecular formula is C48H31NO. The molecule has 10 aromatic rings. The van der Waals surface area contributed by atoms with Crippen LogP contribution in [0.5, 0.6) is 0 Å². The molecule has 9 aromatic carbocycles. The van der Waals surface area contributed by atoms with Crippen molar-refractivity contribution in [3.63, 3.8) is 0 Å². The Kier molecular flexibility index (Phi) is 5.64. The van der Waals surface area contributed by atoms with Gasteiger partial charge in [0.25, 0.3) is 0 Å². The van der Waals surface area contributed by atoms with E-state index in [9.17, 15) is 2.74 Å². The zero-order valence-electron chi connectivity index (χ0n) is 30.9. The van der Waals surface area contributed by atoms with E-state index in [-0.39, 0.29) is 29.9 Å². The van der Waals surface area contributed by atoms with Crippen molar-refractivity contribution in [1.29, 1.82) is 0 Å². The highest BCUT2D eigenvalue weighted by Crippen LogP contribution is 2.45. The van der Waals surface area contributed by atoms with Crippen LogP contribution in [0.15, 0.2) is 192 Å². The zero-order valence-corrected chi connectivity index (χ0v) is 26.9. The third-order valence-electron chi connectivity index (χ3n) is 9.67. The van der Waals surface area contributed by atoms with Gasteiger partial charge in [-0.1, -0.05) is 133 Å². The fourth-order valence-electron chi connectivity index (χ4n) is 7.24. The van der Waals surface area contributed by atoms with Crippen LogP contribution in [0.1, 0.15) is 5.48 Å². The Balaban J connectivity index is 1.27. The van der Waals surface area contributed by atoms with Crippen LogP contribution in [0.25, 0.3) is 76.5 Å². The second-order valence-electron chi connectivity index (χ2n) is 12.6. The van der Waals surface area contributed by atoms with Crippen molar-refractivity contribution in [3.05, 3.63) is 188 Å². The Morgan fingerprint density at radius 1 is 0.440 bits per heavy atom. The first-order valence-corrected chi connectivity index (χ1v) is 16.8. The van der Waals surface area contributed by atoms with Crippen LogP contribution < -0.4 is 4.90 Å². The minimum Gasteiger partial charge on any atom is -0.455 e. The Labute approximate surface area is 295 Å². The fourth-order valence-corrected chi connectivity index (χ4v) is 7.24. The van der Waals surface area contributed by atoms with Crippen LogP contribution in [0, 0.1) is 0 Å². The molecule has 2 heteroatoms. The van der Waals surface area contributed by atoms with Crippen LogP contribution in [0.3, 0.4) is 0 Å². The number of nitrogens with zero attached hydrogens (tertiary/aromatic N) is 1. The standard InChI is InChI=1S/C48H31NO/c1-3-13-35-28-39(24-22-32(35)10-1)37-15-7-17-41(30-37)49(42-18-8-16-38(31-42)40-25-23-33-11-2-4-14-36(33)29-40)45-20-9-21-46-47(45)44-27-26-34-12-5-6-19-43(34)48(44)50-46/h1-31H/i7D,15D,17D,30D. The molecule has 2 nitrogen and oxygen atoms in total. The molecule has 234 valence electrons. The third kappa shape index (κ3) is 4.73. The van der Waals surface area contributed by atoms with Crippen molar-refractivity contribution in [2.75, 3.05) is 4.90 Å². The van der Waals surface area contributed by atoms with E-state index in [0.29, 0.717) is 28.1 Å². The molecule has 0 unspecified atom stereocenters. The van der Waals surface area contributed by atoms with Gasteiger partial charge in [-0.05, 0) is 104 Å². The average molecular weight is 642 g/mol. The summed E-state index contributed by atoms with van der Waals surface area (Å²) in [5.41, 5.74) is 6.04. The van der Waals surface area contributed by atoms with E-state index in [4.69, 9.17) is 7.16 Å². The van der Waals surface area contributed by atoms with Gasteiger partial charge in [-0.15, -0.1) is 0 Å². The number of fused-ring (bicyclic) bond motifs is 7. The maximum atomic E-state index is 9.86. The summed E-state index contributed by atoms with van der Waals surface area (Å²) >= 11 is 0. The van der Waals surface area contributed by atoms with E-state index in [2.05, 4.69) is 66.7 Å². The number of benzene rings is 9. The van der Waals surface area contributed by atoms with Crippen molar-refractivity contribution in [2.24, 2.45) is 0 Å². The van der Waals surface area contributed by atoms with Crippen LogP contribution >= 0.6 is 0 Å². The van der Waals surface area contributed by atoms with E-state index >= 15 is 0 Å². The lowest BCUT2D eigenvalue weighted by Gasteiger charge is -2.27. The lowest BCUT2D eigenvalue weighted by Crippen LogP contribution is -2.10. The van der Waals surface area contributed by atoms with Crippen molar-refractivity contribution in [2.45, 2.75) is 0 Å². The molecular weight excluding hydrogens is 607 g/mol. The summed E-state index contributed by atoms with van der Waals surface area (Å²) < 4.78 is 44.2. The summed E-state index contributed by atoms with van der Waals surface area (Å²) in [5, 5.41) is 8.10. The molecule has 0 saturated heterocycles. The van der Waals surface area contributed by atoms with Gasteiger partial charge < -0.3 is 9.32 Å². The first kappa shape index (κ1) is 24.5. The molecule has 10 rings (SSSR count). The first-order valence-electron chi connectivity index (χ1n) is 18.8. The minimum atomic E-state index is -0.241. The van der Waals surface area contributed by atoms with Gasteiger partial charge >= 0.3 is 0 Å². The molecule has 0 aliphatic heterocycles. The lowest BCUT2D eigenvalue weighted by atomic mass is 9.99. The van der Waals surface area contributed by atoms with Crippen LogP contribution in [-0.2, 0) is 0 Å². The minimum absolute atomic E-state index is 0.00245. The summed E-state index contributed by atoms with van der Waals surface area (Å²) in [6, 6.07) is 54.2. The summed E-state index contributed by atoms with van der Waals surface area (Å²) in [6.45, 7) is 0. The smallest absolute Gasteiger partial charge is 0.143 e. The van der Waals surface area contributed by atoms with Crippen LogP contribution in [0.2, 0.25) is 0 Å². The van der Waals surface area contributed by atoms with Gasteiger partial charge in [-0.25, -0.2) is 0 Å². The Hall–Kier alpha value is -6.64. The second-order valence-corrected chi connectivity index (χ2v) is 12.6. The molecule has 0 spiro atoms. The van der Waals surface area contributed by atoms with Crippen molar-refractivity contribution in [1.82, 2.24) is 0 Å². The molecule has 0 bridgehead atoms. The molecule has 0 aliphatic rings. The van der Waals surface area contributed by atoms with E-state index in [1.165, 1.54) is 0 Å². The monoisotopic (exact) mass is 641 g/mol. The topological polar surface area (TPSA) is 16.4 Å². The molecule has 0 amide bonds. The maximum Gasteiger partial charge on any atom is 0.143 e. The summed E-state index contributed by atoms with van der Waals surface area (Å²) in [5.74, 6) is 0. The number of rotatable bonds is 5. The number of hydrogen-bond acceptors (Lipinski definition) is 2. The SMILES string of the molecule is [2H]c1c([2H])c(-c2ccc3ccccc3c2)c([2H])c(N(c2cccc(-c3ccc4ccccc4c3)c2)c2cccc3oc4c5ccccc5ccc4c23)c1[2H]. The largest absolute Gasteiger partial charge is 0.455 e. The number of hydrogen-bond donors (Lipinski definition) is 0. The maximum absolute atomic E-state index is 9.86. The highest BCUT2D eigenvalue weighted by molar-refractivity contribution is 6.19. The first-order chi connectivity index (χ1) is 26.4. The van der Waals surface area contributed by atoms with Gasteiger partial charge in [-0.2, -0.15) is 0 Å². The quantitative estimate of drug-likeness (QED) is 0.186. The highest BCUT2D eigenvalue weighted by atomic mass is 16.3. The summed E-state index contributed by atoms with van der Waals surface area (Å²) in [6.07, 6.45) is 0. The van der Waals surface area contributed by atoms with Crippen LogP contribution in [-0.4, -0.2) is 0 Å². The van der Waals surface area contributed by atoms with E-state index in [0.717, 1.165) is 59.8 Å². The molecule has 0 saturated carbocycles. The Bertz CT molecular complexity index is 3130. The van der Waals surface area contributed by atoms with Crippen molar-refractivity contribution in [3.8, 4) is 22.3 Å². The Morgan fingerprint density at radius 2 is 1.08 bits per heavy atom. The van der Waals surface area contributed by atoms with Gasteiger partial charge in [0, 0.05) is 22.1 Å². The number of furan rings is 1. The van der Waals surface area contributed by atoms with Gasteiger partial charge in [0.05, 0.1) is 16.6 Å². The molecule has 0 N–H and O–H groups in total. The molecule has 0 aliphatic carbocycles. The summed E-state index contributed by atoms with van der Waals surface area (Å²) in [4.78, 5) is 1.92. The van der Waals surface area contributed by atoms with Crippen molar-refractivity contribution < 1.29 is 9.90 Å². The second kappa shape index (κ2) is 11.5. The molecule has 0 atom stereocenters. The van der Waals surface area contributed by atoms with Gasteiger partial charge in [0.1, 0.15) is 11.2 Å². The van der Waals surface area contributed by atoms with Gasteiger partial charge in [-0.3, -0.25) is 0 Å². The average Bonchev–Trinajstić information content (AvgIpc) is 3.61. The normalized spacial score (nSPS) is 12.7. The van der Waals surface area contributed by atoms with Crippen molar-refractivity contribution >= 4 is 71.3 Å². The summed E-state index contributed by atoms with van der Waals surface area (Å²) in [7, 11) is 0. The zero-order chi connectivity index (χ0) is 36.5. The lowest BCUT2D eigenvalue weighted by molar-refractivity contribution is 0.672. The fraction of sp³-hybridized carbons (Fsp3) is 0. The predicted molar refractivity (Wildman–Crippen MR) is 212 cm³/mol. The highest BCUT2D eigenvalue weighted by Gasteiger charge is 2.21. The van der Waals surface area contributed by atoms with Gasteiger partial charge in [0.15, 0.2) is 0 Å². The van der Waals surface area contributed by atoms with Gasteiger partial charge in [0.2, 0.25) is 0 Å². The molecule has 0 fully saturated rings. The predicted octanol–water partition coefficient (Wildman–Crippen LogP) is 13.8. The van der Waals surface area contributed by atoms with Crippen LogP contribution in [0.4, 0.5) is 17.1 Å². The molecule has 1 aromatic heterocycles.